The highest BCUT2D eigenvalue weighted by atomic mass is 15.3. The maximum atomic E-state index is 5.20. The van der Waals surface area contributed by atoms with E-state index in [1.165, 1.54) is 0 Å². The molecular formula is C4H9N3. The Morgan fingerprint density at radius 2 is 2.57 bits per heavy atom. The first kappa shape index (κ1) is 6.01. The number of hydrogen-bond donors (Lipinski definition) is 2. The summed E-state index contributed by atoms with van der Waals surface area (Å²) in [6.45, 7) is 4.98. The van der Waals surface area contributed by atoms with Crippen LogP contribution in [-0.4, -0.2) is 6.72 Å². The van der Waals surface area contributed by atoms with Crippen LogP contribution in [0.15, 0.2) is 17.0 Å². The van der Waals surface area contributed by atoms with E-state index in [9.17, 15) is 0 Å². The fourth-order valence-corrected chi connectivity index (χ4v) is 0.156. The van der Waals surface area contributed by atoms with Gasteiger partial charge in [0.2, 0.25) is 0 Å². The van der Waals surface area contributed by atoms with Crippen LogP contribution in [0.3, 0.4) is 0 Å². The van der Waals surface area contributed by atoms with Crippen LogP contribution in [0.1, 0.15) is 6.92 Å². The molecule has 0 radical (unpaired) electrons. The number of hydrogen-bond acceptors (Lipinski definition) is 3. The lowest BCUT2D eigenvalue weighted by atomic mass is 10.6. The predicted molar refractivity (Wildman–Crippen MR) is 30.6 cm³/mol. The molecule has 0 aliphatic carbocycles. The van der Waals surface area contributed by atoms with Gasteiger partial charge in [0.15, 0.2) is 0 Å². The molecule has 0 bridgehead atoms. The monoisotopic (exact) mass is 99.1 g/mol. The number of nitrogens with zero attached hydrogens (tertiary/aromatic N) is 1. The normalized spacial score (nSPS) is 10.7. The Labute approximate surface area is 42.9 Å². The third-order valence-electron chi connectivity index (χ3n) is 0.519. The minimum Gasteiger partial charge on any atom is -0.384 e. The number of rotatable bonds is 2. The Bertz CT molecular complexity index is 84.9. The van der Waals surface area contributed by atoms with Gasteiger partial charge in [-0.15, -0.1) is 0 Å². The standard InChI is InChI=1S/C4H9N3/c1-3-4(5)7-6-2/h3,7H,2,5H2,1H3/b4-3-. The third-order valence-corrected chi connectivity index (χ3v) is 0.519. The van der Waals surface area contributed by atoms with Crippen molar-refractivity contribution in [2.45, 2.75) is 6.92 Å². The van der Waals surface area contributed by atoms with Crippen LogP contribution in [0.4, 0.5) is 0 Å². The second kappa shape index (κ2) is 3.21. The number of hydrazone groups is 1. The minimum atomic E-state index is 0.523. The summed E-state index contributed by atoms with van der Waals surface area (Å²) in [7, 11) is 0. The maximum Gasteiger partial charge on any atom is 0.112 e. The largest absolute Gasteiger partial charge is 0.384 e. The summed E-state index contributed by atoms with van der Waals surface area (Å²) < 4.78 is 0. The molecule has 0 saturated heterocycles. The van der Waals surface area contributed by atoms with Gasteiger partial charge in [0.25, 0.3) is 0 Å². The predicted octanol–water partition coefficient (Wildman–Crippen LogP) is 0.0116. The van der Waals surface area contributed by atoms with E-state index in [4.69, 9.17) is 5.73 Å². The molecule has 0 fully saturated rings. The fraction of sp³-hybridized carbons (Fsp3) is 0.250. The van der Waals surface area contributed by atoms with Crippen molar-refractivity contribution < 1.29 is 0 Å². The van der Waals surface area contributed by atoms with Crippen LogP contribution in [0.2, 0.25) is 0 Å². The summed E-state index contributed by atoms with van der Waals surface area (Å²) in [5, 5.41) is 3.31. The van der Waals surface area contributed by atoms with Crippen molar-refractivity contribution in [3.63, 3.8) is 0 Å². The first-order valence-corrected chi connectivity index (χ1v) is 1.94. The van der Waals surface area contributed by atoms with Gasteiger partial charge >= 0.3 is 0 Å². The van der Waals surface area contributed by atoms with Crippen molar-refractivity contribution in [1.29, 1.82) is 0 Å². The van der Waals surface area contributed by atoms with Crippen LogP contribution in [0.25, 0.3) is 0 Å². The summed E-state index contributed by atoms with van der Waals surface area (Å²) in [5.74, 6) is 0.523. The zero-order chi connectivity index (χ0) is 5.70. The van der Waals surface area contributed by atoms with E-state index in [0.29, 0.717) is 5.82 Å². The molecule has 0 aromatic carbocycles. The highest BCUT2D eigenvalue weighted by Crippen LogP contribution is 1.70. The summed E-state index contributed by atoms with van der Waals surface area (Å²) in [5.41, 5.74) is 7.65. The van der Waals surface area contributed by atoms with E-state index in [1.807, 2.05) is 6.92 Å². The summed E-state index contributed by atoms with van der Waals surface area (Å²) in [4.78, 5) is 0. The van der Waals surface area contributed by atoms with Crippen LogP contribution in [-0.2, 0) is 0 Å². The molecule has 0 unspecified atom stereocenters. The smallest absolute Gasteiger partial charge is 0.112 e. The zero-order valence-corrected chi connectivity index (χ0v) is 4.31. The average Bonchev–Trinajstić information content (AvgIpc) is 1.68. The van der Waals surface area contributed by atoms with E-state index < -0.39 is 0 Å². The molecule has 0 spiro atoms. The number of nitrogens with two attached hydrogens (primary N) is 1. The van der Waals surface area contributed by atoms with E-state index >= 15 is 0 Å². The third kappa shape index (κ3) is 2.82. The van der Waals surface area contributed by atoms with Gasteiger partial charge in [0.05, 0.1) is 0 Å². The maximum absolute atomic E-state index is 5.20. The van der Waals surface area contributed by atoms with Gasteiger partial charge < -0.3 is 5.73 Å². The van der Waals surface area contributed by atoms with Crippen molar-refractivity contribution in [2.75, 3.05) is 0 Å². The van der Waals surface area contributed by atoms with Crippen molar-refractivity contribution in [2.24, 2.45) is 10.8 Å². The van der Waals surface area contributed by atoms with E-state index in [0.717, 1.165) is 0 Å². The van der Waals surface area contributed by atoms with Crippen molar-refractivity contribution in [1.82, 2.24) is 5.43 Å². The molecule has 0 aliphatic heterocycles. The van der Waals surface area contributed by atoms with Gasteiger partial charge in [0, 0.05) is 6.72 Å². The van der Waals surface area contributed by atoms with Gasteiger partial charge in [-0.2, -0.15) is 5.10 Å². The van der Waals surface area contributed by atoms with Gasteiger partial charge in [0.1, 0.15) is 5.82 Å². The first-order chi connectivity index (χ1) is 3.31. The molecule has 0 heterocycles. The molecule has 3 heteroatoms. The Balaban J connectivity index is 3.36. The van der Waals surface area contributed by atoms with E-state index in [1.54, 1.807) is 6.08 Å². The highest BCUT2D eigenvalue weighted by Gasteiger charge is 1.73. The second-order valence-electron chi connectivity index (χ2n) is 1.01. The minimum absolute atomic E-state index is 0.523. The molecule has 0 aromatic rings. The molecule has 40 valence electrons. The molecule has 3 N–H and O–H groups in total. The Kier molecular flexibility index (Phi) is 2.76. The highest BCUT2D eigenvalue weighted by molar-refractivity contribution is 5.22. The molecule has 0 amide bonds. The molecule has 0 aliphatic rings. The van der Waals surface area contributed by atoms with E-state index in [2.05, 4.69) is 17.2 Å². The number of nitrogens with one attached hydrogen (secondary N) is 1. The molecule has 0 saturated carbocycles. The van der Waals surface area contributed by atoms with Gasteiger partial charge in [-0.05, 0) is 13.0 Å². The lowest BCUT2D eigenvalue weighted by molar-refractivity contribution is 0.876. The average molecular weight is 99.1 g/mol. The summed E-state index contributed by atoms with van der Waals surface area (Å²) in [6.07, 6.45) is 1.70. The lowest BCUT2D eigenvalue weighted by Gasteiger charge is -1.92. The van der Waals surface area contributed by atoms with Crippen LogP contribution in [0, 0.1) is 0 Å². The van der Waals surface area contributed by atoms with Crippen LogP contribution < -0.4 is 11.2 Å². The SMILES string of the molecule is C=NN/C(N)=C\C. The van der Waals surface area contributed by atoms with Crippen molar-refractivity contribution in [3.05, 3.63) is 11.9 Å². The molecule has 3 nitrogen and oxygen atoms in total. The van der Waals surface area contributed by atoms with E-state index in [-0.39, 0.29) is 0 Å². The lowest BCUT2D eigenvalue weighted by Crippen LogP contribution is -2.12. The molecular weight excluding hydrogens is 90.1 g/mol. The molecule has 0 aromatic heterocycles. The molecule has 0 rings (SSSR count). The first-order valence-electron chi connectivity index (χ1n) is 1.94. The van der Waals surface area contributed by atoms with Crippen LogP contribution in [0.5, 0.6) is 0 Å². The Morgan fingerprint density at radius 1 is 2.00 bits per heavy atom. The van der Waals surface area contributed by atoms with Crippen molar-refractivity contribution in [3.8, 4) is 0 Å². The quantitative estimate of drug-likeness (QED) is 0.378. The molecule has 7 heavy (non-hydrogen) atoms. The van der Waals surface area contributed by atoms with Gasteiger partial charge in [-0.25, -0.2) is 0 Å². The number of allylic oxidation sites excluding steroid dienone is 1. The molecule has 0 atom stereocenters. The van der Waals surface area contributed by atoms with Crippen molar-refractivity contribution >= 4 is 6.72 Å². The second-order valence-corrected chi connectivity index (χ2v) is 1.01. The Morgan fingerprint density at radius 3 is 2.71 bits per heavy atom. The topological polar surface area (TPSA) is 50.4 Å². The summed E-state index contributed by atoms with van der Waals surface area (Å²) in [6, 6.07) is 0. The van der Waals surface area contributed by atoms with Gasteiger partial charge in [-0.1, -0.05) is 0 Å². The van der Waals surface area contributed by atoms with Crippen LogP contribution >= 0.6 is 0 Å². The fourth-order valence-electron chi connectivity index (χ4n) is 0.156. The Hall–Kier alpha value is -0.990. The van der Waals surface area contributed by atoms with Gasteiger partial charge in [-0.3, -0.25) is 5.43 Å². The zero-order valence-electron chi connectivity index (χ0n) is 4.31. The summed E-state index contributed by atoms with van der Waals surface area (Å²) >= 11 is 0.